The fourth-order valence-electron chi connectivity index (χ4n) is 14.0. The number of fused-ring (bicyclic) bond motifs is 7. The minimum Gasteiger partial charge on any atom is -0.394 e. The van der Waals surface area contributed by atoms with Crippen molar-refractivity contribution >= 4 is 0 Å². The van der Waals surface area contributed by atoms with Crippen LogP contribution in [-0.2, 0) is 37.9 Å². The molecule has 9 aliphatic rings. The highest BCUT2D eigenvalue weighted by Gasteiger charge is 2.69. The lowest BCUT2D eigenvalue weighted by Crippen LogP contribution is -2.66. The maximum absolute atomic E-state index is 12.0. The minimum atomic E-state index is -1.71. The highest BCUT2D eigenvalue weighted by Crippen LogP contribution is 2.70. The maximum Gasteiger partial charge on any atom is 0.187 e. The van der Waals surface area contributed by atoms with Crippen LogP contribution in [0.15, 0.2) is 11.6 Å². The van der Waals surface area contributed by atoms with Crippen molar-refractivity contribution in [2.24, 2.45) is 46.3 Å². The van der Waals surface area contributed by atoms with Gasteiger partial charge in [-0.25, -0.2) is 0 Å². The number of rotatable bonds is 7. The van der Waals surface area contributed by atoms with Crippen molar-refractivity contribution in [1.29, 1.82) is 0 Å². The third-order valence-corrected chi connectivity index (χ3v) is 17.6. The molecule has 0 aromatic heterocycles. The quantitative estimate of drug-likeness (QED) is 0.168. The fourth-order valence-corrected chi connectivity index (χ4v) is 14.0. The summed E-state index contributed by atoms with van der Waals surface area (Å²) in [5.74, 6) is 2.64. The van der Waals surface area contributed by atoms with E-state index in [-0.39, 0.29) is 23.0 Å². The predicted octanol–water partition coefficient (Wildman–Crippen LogP) is 1.24. The van der Waals surface area contributed by atoms with Gasteiger partial charge >= 0.3 is 0 Å². The van der Waals surface area contributed by atoms with E-state index in [2.05, 4.69) is 33.8 Å². The van der Waals surface area contributed by atoms with Gasteiger partial charge in [-0.15, -0.1) is 0 Å². The van der Waals surface area contributed by atoms with Gasteiger partial charge in [0.2, 0.25) is 0 Å². The Balaban J connectivity index is 0.916. The van der Waals surface area contributed by atoms with E-state index in [1.165, 1.54) is 25.8 Å². The maximum atomic E-state index is 12.0. The molecule has 26 atom stereocenters. The van der Waals surface area contributed by atoms with Crippen molar-refractivity contribution in [2.75, 3.05) is 13.2 Å². The largest absolute Gasteiger partial charge is 0.394 e. The molecule has 3 saturated carbocycles. The monoisotopic (exact) mass is 868 g/mol. The van der Waals surface area contributed by atoms with Crippen molar-refractivity contribution in [3.63, 3.8) is 0 Å². The average Bonchev–Trinajstić information content (AvgIpc) is 3.69. The van der Waals surface area contributed by atoms with E-state index in [9.17, 15) is 40.9 Å². The number of allylic oxidation sites excluding steroid dienone is 1. The van der Waals surface area contributed by atoms with Crippen molar-refractivity contribution < 1.29 is 78.7 Å². The summed E-state index contributed by atoms with van der Waals surface area (Å²) in [6.07, 6.45) is -10.4. The van der Waals surface area contributed by atoms with E-state index in [1.54, 1.807) is 0 Å². The summed E-state index contributed by atoms with van der Waals surface area (Å²) in [7, 11) is 0. The Hall–Kier alpha value is -0.900. The third kappa shape index (κ3) is 7.42. The molecule has 5 saturated heterocycles. The molecule has 8 fully saturated rings. The van der Waals surface area contributed by atoms with Crippen LogP contribution in [0.1, 0.15) is 99.3 Å². The number of hydrogen-bond donors (Lipinski definition) is 8. The molecule has 0 radical (unpaired) electrons. The number of ether oxygens (including phenoxy) is 8. The number of aliphatic hydroxyl groups is 8. The van der Waals surface area contributed by atoms with Crippen LogP contribution in [-0.4, -0.2) is 164 Å². The van der Waals surface area contributed by atoms with Crippen LogP contribution in [0.4, 0.5) is 0 Å². The summed E-state index contributed by atoms with van der Waals surface area (Å²) < 4.78 is 50.1. The van der Waals surface area contributed by atoms with Crippen LogP contribution < -0.4 is 0 Å². The van der Waals surface area contributed by atoms with Gasteiger partial charge in [0, 0.05) is 12.3 Å². The van der Waals surface area contributed by atoms with Crippen molar-refractivity contribution in [1.82, 2.24) is 0 Å². The Bertz CT molecular complexity index is 1590. The second-order valence-corrected chi connectivity index (χ2v) is 21.1. The molecule has 0 aromatic carbocycles. The first-order valence-corrected chi connectivity index (χ1v) is 23.2. The smallest absolute Gasteiger partial charge is 0.187 e. The number of aliphatic hydroxyl groups excluding tert-OH is 8. The normalized spacial score (nSPS) is 58.4. The van der Waals surface area contributed by atoms with Gasteiger partial charge in [0.25, 0.3) is 0 Å². The Labute approximate surface area is 358 Å². The molecule has 61 heavy (non-hydrogen) atoms. The van der Waals surface area contributed by atoms with Gasteiger partial charge in [0.1, 0.15) is 61.0 Å². The second-order valence-electron chi connectivity index (χ2n) is 21.1. The van der Waals surface area contributed by atoms with Gasteiger partial charge in [-0.1, -0.05) is 39.3 Å². The predicted molar refractivity (Wildman–Crippen MR) is 213 cm³/mol. The molecule has 5 aliphatic heterocycles. The Morgan fingerprint density at radius 2 is 1.34 bits per heavy atom. The van der Waals surface area contributed by atoms with Crippen molar-refractivity contribution in [3.05, 3.63) is 11.6 Å². The van der Waals surface area contributed by atoms with Gasteiger partial charge in [0.15, 0.2) is 24.7 Å². The highest BCUT2D eigenvalue weighted by molar-refractivity contribution is 5.26. The topological polar surface area (TPSA) is 236 Å². The lowest BCUT2D eigenvalue weighted by atomic mass is 9.47. The Morgan fingerprint density at radius 3 is 1.97 bits per heavy atom. The van der Waals surface area contributed by atoms with E-state index in [0.29, 0.717) is 48.3 Å². The van der Waals surface area contributed by atoms with E-state index < -0.39 is 105 Å². The lowest BCUT2D eigenvalue weighted by molar-refractivity contribution is -0.388. The van der Waals surface area contributed by atoms with Crippen LogP contribution in [0.3, 0.4) is 0 Å². The van der Waals surface area contributed by atoms with Crippen LogP contribution in [0.5, 0.6) is 0 Å². The molecular formula is C45H72O16. The molecule has 8 N–H and O–H groups in total. The molecule has 348 valence electrons. The second kappa shape index (κ2) is 16.8. The van der Waals surface area contributed by atoms with E-state index in [1.807, 2.05) is 0 Å². The van der Waals surface area contributed by atoms with Gasteiger partial charge in [-0.2, -0.15) is 0 Å². The molecule has 0 bridgehead atoms. The highest BCUT2D eigenvalue weighted by atomic mass is 16.8. The molecule has 5 heterocycles. The summed E-state index contributed by atoms with van der Waals surface area (Å²) >= 11 is 0. The van der Waals surface area contributed by atoms with Crippen LogP contribution >= 0.6 is 0 Å². The summed E-state index contributed by atoms with van der Waals surface area (Å²) in [6.45, 7) is 12.7. The zero-order valence-electron chi connectivity index (χ0n) is 36.5. The average molecular weight is 869 g/mol. The molecule has 9 rings (SSSR count). The summed E-state index contributed by atoms with van der Waals surface area (Å²) in [4.78, 5) is 0. The third-order valence-electron chi connectivity index (χ3n) is 17.6. The first kappa shape index (κ1) is 45.3. The van der Waals surface area contributed by atoms with E-state index in [0.717, 1.165) is 45.1 Å². The first-order valence-electron chi connectivity index (χ1n) is 23.2. The van der Waals surface area contributed by atoms with Gasteiger partial charge in [-0.05, 0) is 106 Å². The molecule has 14 unspecified atom stereocenters. The molecule has 0 amide bonds. The fraction of sp³-hybridized carbons (Fsp3) is 0.956. The van der Waals surface area contributed by atoms with E-state index >= 15 is 0 Å². The lowest BCUT2D eigenvalue weighted by Gasteiger charge is -2.58. The number of hydrogen-bond acceptors (Lipinski definition) is 16. The summed E-state index contributed by atoms with van der Waals surface area (Å²) in [6, 6.07) is 0. The van der Waals surface area contributed by atoms with Gasteiger partial charge in [-0.3, -0.25) is 0 Å². The standard InChI is InChI=1S/C45H72O16/c1-19-9-14-45(54-18-19)20(2)30-28(61-45)16-27-25-8-7-23-15-24(10-12-43(23,5)26(25)11-13-44(27,30)6)57-42-39(60-41-36(52)34(50)32(48)22(4)56-41)37(53)38(29(17-46)58-42)59-40-35(51)33(49)31(47)21(3)55-40/h7,19-22,24-42,46-53H,8-18H2,1-6H3/t19?,20?,21?,22?,24-,25?,26?,27?,28?,29?,30?,31-,32-,33-,34-,35?,36?,37-,38+,39?,40-,41-,42+,43-,44-,45?/m0/s1. The zero-order valence-corrected chi connectivity index (χ0v) is 36.5. The molecule has 4 aliphatic carbocycles. The van der Waals surface area contributed by atoms with Crippen LogP contribution in [0, 0.1) is 46.3 Å². The molecular weight excluding hydrogens is 796 g/mol. The molecule has 0 aromatic rings. The molecule has 16 nitrogen and oxygen atoms in total. The van der Waals surface area contributed by atoms with E-state index in [4.69, 9.17) is 37.9 Å². The summed E-state index contributed by atoms with van der Waals surface area (Å²) in [5.41, 5.74) is 1.53. The SMILES string of the molecule is CC1CCC2(OC1)OC1CC3C4CC=C5C[C@@H](O[C@@H]6OC(CO)[C@@H](O[C@@H]7OC(C)[C@H](O)[C@H](O)C7O)[C@H](O)C6O[C@@H]6OC(C)[C@H](O)[C@H](O)C6O)CC[C@]5(C)C4CC[C@]3(C)C1C2C. The molecule has 16 heteroatoms. The minimum absolute atomic E-state index is 0.0171. The van der Waals surface area contributed by atoms with Crippen molar-refractivity contribution in [3.8, 4) is 0 Å². The Morgan fingerprint density at radius 1 is 0.689 bits per heavy atom. The van der Waals surface area contributed by atoms with Gasteiger partial charge in [0.05, 0.1) is 37.6 Å². The van der Waals surface area contributed by atoms with Gasteiger partial charge < -0.3 is 78.7 Å². The zero-order chi connectivity index (χ0) is 43.5. The Kier molecular flexibility index (Phi) is 12.4. The summed E-state index contributed by atoms with van der Waals surface area (Å²) in [5, 5.41) is 85.9. The van der Waals surface area contributed by atoms with Crippen molar-refractivity contribution in [2.45, 2.75) is 209 Å². The first-order chi connectivity index (χ1) is 28.9. The van der Waals surface area contributed by atoms with Crippen LogP contribution in [0.25, 0.3) is 0 Å². The molecule has 1 spiro atoms. The van der Waals surface area contributed by atoms with Crippen LogP contribution in [0.2, 0.25) is 0 Å².